The number of esters is 1. The third kappa shape index (κ3) is 5.61. The molecule has 1 aromatic rings. The molecule has 9 atom stereocenters. The van der Waals surface area contributed by atoms with Crippen LogP contribution in [0.5, 0.6) is 0 Å². The Kier molecular flexibility index (Phi) is 8.23. The lowest BCUT2D eigenvalue weighted by molar-refractivity contribution is -0.184. The second-order valence-electron chi connectivity index (χ2n) is 11.6. The predicted molar refractivity (Wildman–Crippen MR) is 133 cm³/mol. The van der Waals surface area contributed by atoms with Crippen molar-refractivity contribution in [3.8, 4) is 0 Å². The first-order valence-electron chi connectivity index (χ1n) is 13.4. The van der Waals surface area contributed by atoms with Gasteiger partial charge in [0.05, 0.1) is 12.7 Å². The summed E-state index contributed by atoms with van der Waals surface area (Å²) in [6, 6.07) is 5.44. The van der Waals surface area contributed by atoms with Gasteiger partial charge in [0, 0.05) is 18.8 Å². The number of hydrogen-bond acceptors (Lipinski definition) is 8. The molecule has 3 fully saturated rings. The molecule has 0 aromatic heterocycles. The number of carboxylic acids is 1. The molecule has 216 valence electrons. The van der Waals surface area contributed by atoms with Gasteiger partial charge in [-0.2, -0.15) is 0 Å². The van der Waals surface area contributed by atoms with Gasteiger partial charge in [-0.3, -0.25) is 0 Å². The summed E-state index contributed by atoms with van der Waals surface area (Å²) < 4.78 is 50.3. The number of ether oxygens (including phenoxy) is 4. The van der Waals surface area contributed by atoms with Crippen LogP contribution < -0.4 is 5.73 Å². The van der Waals surface area contributed by atoms with E-state index in [-0.39, 0.29) is 25.0 Å². The molecular formula is C28H37F2NO8. The fraction of sp³-hybridized carbons (Fsp3) is 0.679. The Labute approximate surface area is 226 Å². The lowest BCUT2D eigenvalue weighted by Crippen LogP contribution is -2.61. The number of aliphatic carboxylic acids is 1. The monoisotopic (exact) mass is 553 g/mol. The fourth-order valence-electron chi connectivity index (χ4n) is 6.39. The van der Waals surface area contributed by atoms with Gasteiger partial charge in [0.25, 0.3) is 0 Å². The van der Waals surface area contributed by atoms with Crippen molar-refractivity contribution in [1.82, 2.24) is 0 Å². The third-order valence-corrected chi connectivity index (χ3v) is 8.59. The Hall–Kier alpha value is -2.79. The van der Waals surface area contributed by atoms with Gasteiger partial charge in [-0.25, -0.2) is 23.2 Å². The highest BCUT2D eigenvalue weighted by Gasteiger charge is 2.85. The maximum absolute atomic E-state index is 15.2. The van der Waals surface area contributed by atoms with Crippen molar-refractivity contribution in [3.63, 3.8) is 0 Å². The summed E-state index contributed by atoms with van der Waals surface area (Å²) in [6.45, 7) is 7.44. The Morgan fingerprint density at radius 1 is 1.10 bits per heavy atom. The van der Waals surface area contributed by atoms with Crippen LogP contribution in [0, 0.1) is 35.4 Å². The lowest BCUT2D eigenvalue weighted by atomic mass is 9.75. The largest absolute Gasteiger partial charge is 0.511 e. The molecule has 0 amide bonds. The van der Waals surface area contributed by atoms with E-state index in [2.05, 4.69) is 20.8 Å². The average Bonchev–Trinajstić information content (AvgIpc) is 3.33. The lowest BCUT2D eigenvalue weighted by Gasteiger charge is -2.36. The number of nitrogens with two attached hydrogens (primary N) is 1. The number of fused-ring (bicyclic) bond motifs is 1. The minimum Gasteiger partial charge on any atom is -0.479 e. The molecule has 4 rings (SSSR count). The van der Waals surface area contributed by atoms with Crippen LogP contribution in [0.15, 0.2) is 24.3 Å². The van der Waals surface area contributed by atoms with E-state index < -0.39 is 59.3 Å². The number of rotatable bonds is 9. The zero-order valence-electron chi connectivity index (χ0n) is 22.6. The molecule has 3 saturated carbocycles. The van der Waals surface area contributed by atoms with E-state index in [0.717, 1.165) is 12.8 Å². The molecule has 0 spiro atoms. The van der Waals surface area contributed by atoms with E-state index in [0.29, 0.717) is 23.8 Å². The Bertz CT molecular complexity index is 1080. The molecule has 3 N–H and O–H groups in total. The number of benzene rings is 1. The van der Waals surface area contributed by atoms with Crippen LogP contribution in [-0.2, 0) is 35.1 Å². The number of hydrogen-bond donors (Lipinski definition) is 2. The van der Waals surface area contributed by atoms with E-state index in [1.54, 1.807) is 0 Å². The number of carboxylic acid groups (broad SMARTS) is 1. The van der Waals surface area contributed by atoms with Crippen molar-refractivity contribution in [2.24, 2.45) is 35.3 Å². The molecule has 0 aliphatic heterocycles. The van der Waals surface area contributed by atoms with Crippen molar-refractivity contribution in [3.05, 3.63) is 35.6 Å². The first kappa shape index (κ1) is 29.2. The van der Waals surface area contributed by atoms with E-state index in [4.69, 9.17) is 24.7 Å². The Morgan fingerprint density at radius 3 is 2.38 bits per heavy atom. The van der Waals surface area contributed by atoms with E-state index in [9.17, 15) is 23.9 Å². The molecule has 0 radical (unpaired) electrons. The summed E-state index contributed by atoms with van der Waals surface area (Å²) in [4.78, 5) is 37.4. The smallest absolute Gasteiger partial charge is 0.479 e. The zero-order valence-corrected chi connectivity index (χ0v) is 22.6. The normalized spacial score (nSPS) is 36.1. The molecule has 11 heteroatoms. The van der Waals surface area contributed by atoms with Crippen LogP contribution in [0.4, 0.5) is 13.6 Å². The molecule has 0 heterocycles. The average molecular weight is 554 g/mol. The summed E-state index contributed by atoms with van der Waals surface area (Å²) >= 11 is 0. The van der Waals surface area contributed by atoms with Crippen LogP contribution >= 0.6 is 0 Å². The van der Waals surface area contributed by atoms with Crippen LogP contribution in [0.25, 0.3) is 0 Å². The van der Waals surface area contributed by atoms with Crippen molar-refractivity contribution >= 4 is 18.1 Å². The second-order valence-corrected chi connectivity index (χ2v) is 11.6. The van der Waals surface area contributed by atoms with E-state index in [1.165, 1.54) is 31.2 Å². The van der Waals surface area contributed by atoms with Crippen molar-refractivity contribution < 1.29 is 47.2 Å². The molecule has 0 saturated heterocycles. The standard InChI is InChI=1S/C28H37F2NO8/c1-14(2)19-10-5-15(3)11-21(19)39-26(35)38-16(4)37-25(34)28(31)22(12-20-23(28)27(20,30)24(32)33)36-13-17-6-8-18(29)9-7-17/h6-9,14-16,19-23H,5,10-13,31H2,1-4H3,(H,32,33)/t15-,16-,19?,20-,21-,22-,23+,27-,28+/m1/s1. The van der Waals surface area contributed by atoms with Crippen LogP contribution in [0.2, 0.25) is 0 Å². The minimum atomic E-state index is -2.70. The quantitative estimate of drug-likeness (QED) is 0.338. The van der Waals surface area contributed by atoms with Gasteiger partial charge in [0.2, 0.25) is 12.0 Å². The van der Waals surface area contributed by atoms with E-state index >= 15 is 4.39 Å². The molecule has 3 aliphatic carbocycles. The third-order valence-electron chi connectivity index (χ3n) is 8.59. The van der Waals surface area contributed by atoms with Crippen molar-refractivity contribution in [1.29, 1.82) is 0 Å². The molecule has 1 aromatic carbocycles. The van der Waals surface area contributed by atoms with Gasteiger partial charge < -0.3 is 29.8 Å². The van der Waals surface area contributed by atoms with Crippen LogP contribution in [0.1, 0.15) is 58.9 Å². The molecule has 1 unspecified atom stereocenters. The molecular weight excluding hydrogens is 516 g/mol. The van der Waals surface area contributed by atoms with Gasteiger partial charge in [-0.05, 0) is 54.7 Å². The first-order chi connectivity index (χ1) is 18.3. The highest BCUT2D eigenvalue weighted by molar-refractivity contribution is 5.91. The summed E-state index contributed by atoms with van der Waals surface area (Å²) in [5, 5.41) is 9.44. The van der Waals surface area contributed by atoms with Crippen LogP contribution in [0.3, 0.4) is 0 Å². The van der Waals surface area contributed by atoms with Crippen LogP contribution in [-0.4, -0.2) is 52.9 Å². The first-order valence-corrected chi connectivity index (χ1v) is 13.4. The second kappa shape index (κ2) is 11.0. The number of carbonyl (C=O) groups excluding carboxylic acids is 2. The Morgan fingerprint density at radius 2 is 1.77 bits per heavy atom. The molecule has 3 aliphatic rings. The number of alkyl halides is 1. The molecule has 39 heavy (non-hydrogen) atoms. The highest BCUT2D eigenvalue weighted by Crippen LogP contribution is 2.67. The highest BCUT2D eigenvalue weighted by atomic mass is 19.1. The number of halogens is 2. The topological polar surface area (TPSA) is 134 Å². The SMILES string of the molecule is CC(C)C1CC[C@@H](C)C[C@H]1OC(=O)O[C@H](C)OC(=O)[C@@]1(N)[C@H]2[C@@H](C[C@H]1OCc1ccc(F)cc1)[C@]2(F)C(=O)O. The van der Waals surface area contributed by atoms with E-state index in [1.807, 2.05) is 0 Å². The van der Waals surface area contributed by atoms with Crippen molar-refractivity contribution in [2.75, 3.05) is 0 Å². The van der Waals surface area contributed by atoms with Gasteiger partial charge >= 0.3 is 18.1 Å². The van der Waals surface area contributed by atoms with Gasteiger partial charge in [0.1, 0.15) is 17.5 Å². The summed E-state index contributed by atoms with van der Waals surface area (Å²) in [5.74, 6) is -4.86. The molecule has 0 bridgehead atoms. The van der Waals surface area contributed by atoms with Gasteiger partial charge in [-0.1, -0.05) is 39.3 Å². The fourth-order valence-corrected chi connectivity index (χ4v) is 6.39. The maximum Gasteiger partial charge on any atom is 0.511 e. The minimum absolute atomic E-state index is 0.0712. The predicted octanol–water partition coefficient (Wildman–Crippen LogP) is 4.35. The number of carbonyl (C=O) groups is 3. The summed E-state index contributed by atoms with van der Waals surface area (Å²) in [7, 11) is 0. The summed E-state index contributed by atoms with van der Waals surface area (Å²) in [5.41, 5.74) is 2.12. The van der Waals surface area contributed by atoms with Gasteiger partial charge in [0.15, 0.2) is 0 Å². The van der Waals surface area contributed by atoms with Crippen molar-refractivity contribution in [2.45, 2.75) is 89.7 Å². The zero-order chi connectivity index (χ0) is 28.7. The summed E-state index contributed by atoms with van der Waals surface area (Å²) in [6.07, 6.45) is -1.32. The van der Waals surface area contributed by atoms with Gasteiger partial charge in [-0.15, -0.1) is 0 Å². The molecule has 9 nitrogen and oxygen atoms in total. The Balaban J connectivity index is 1.41. The maximum atomic E-state index is 15.2.